The first-order valence-electron chi connectivity index (χ1n) is 8.29. The van der Waals surface area contributed by atoms with E-state index in [0.717, 1.165) is 24.3 Å². The van der Waals surface area contributed by atoms with Crippen molar-refractivity contribution in [2.45, 2.75) is 39.3 Å². The van der Waals surface area contributed by atoms with Crippen LogP contribution in [0.5, 0.6) is 5.75 Å². The molecule has 0 unspecified atom stereocenters. The van der Waals surface area contributed by atoms with E-state index in [-0.39, 0.29) is 5.60 Å². The maximum atomic E-state index is 5.97. The van der Waals surface area contributed by atoms with Crippen molar-refractivity contribution < 1.29 is 4.74 Å². The highest BCUT2D eigenvalue weighted by atomic mass is 16.5. The fourth-order valence-corrected chi connectivity index (χ4v) is 2.27. The molecule has 0 bridgehead atoms. The molecular formula is C20H27N3O. The van der Waals surface area contributed by atoms with Gasteiger partial charge in [0.1, 0.15) is 11.4 Å². The third kappa shape index (κ3) is 6.32. The fourth-order valence-electron chi connectivity index (χ4n) is 2.27. The summed E-state index contributed by atoms with van der Waals surface area (Å²) in [6.07, 6.45) is 0.917. The molecule has 4 heteroatoms. The van der Waals surface area contributed by atoms with Crippen molar-refractivity contribution in [1.29, 1.82) is 0 Å². The Morgan fingerprint density at radius 2 is 1.71 bits per heavy atom. The molecule has 0 spiro atoms. The van der Waals surface area contributed by atoms with Crippen molar-refractivity contribution in [2.75, 3.05) is 6.54 Å². The van der Waals surface area contributed by atoms with Gasteiger partial charge in [0.15, 0.2) is 5.96 Å². The van der Waals surface area contributed by atoms with E-state index < -0.39 is 0 Å². The van der Waals surface area contributed by atoms with Gasteiger partial charge in [-0.1, -0.05) is 48.5 Å². The summed E-state index contributed by atoms with van der Waals surface area (Å²) in [6.45, 7) is 7.36. The van der Waals surface area contributed by atoms with Crippen LogP contribution in [0.3, 0.4) is 0 Å². The minimum absolute atomic E-state index is 0.237. The highest BCUT2D eigenvalue weighted by Crippen LogP contribution is 2.23. The van der Waals surface area contributed by atoms with Gasteiger partial charge in [0.25, 0.3) is 0 Å². The zero-order chi connectivity index (χ0) is 17.4. The van der Waals surface area contributed by atoms with Gasteiger partial charge in [-0.05, 0) is 38.8 Å². The van der Waals surface area contributed by atoms with Crippen molar-refractivity contribution in [3.05, 3.63) is 65.7 Å². The van der Waals surface area contributed by atoms with E-state index in [4.69, 9.17) is 10.5 Å². The Morgan fingerprint density at radius 1 is 1.04 bits per heavy atom. The summed E-state index contributed by atoms with van der Waals surface area (Å²) in [4.78, 5) is 4.42. The number of para-hydroxylation sites is 1. The smallest absolute Gasteiger partial charge is 0.188 e. The second-order valence-corrected chi connectivity index (χ2v) is 6.69. The average Bonchev–Trinajstić information content (AvgIpc) is 2.54. The van der Waals surface area contributed by atoms with Crippen molar-refractivity contribution in [1.82, 2.24) is 5.32 Å². The number of nitrogens with one attached hydrogen (secondary N) is 1. The van der Waals surface area contributed by atoms with E-state index in [1.54, 1.807) is 0 Å². The van der Waals surface area contributed by atoms with Gasteiger partial charge in [0.2, 0.25) is 0 Å². The van der Waals surface area contributed by atoms with Crippen molar-refractivity contribution in [3.63, 3.8) is 0 Å². The normalized spacial score (nSPS) is 12.0. The maximum Gasteiger partial charge on any atom is 0.188 e. The Hall–Kier alpha value is -2.49. The molecule has 0 aliphatic heterocycles. The number of aliphatic imine (C=N–C) groups is 1. The van der Waals surface area contributed by atoms with E-state index >= 15 is 0 Å². The molecule has 0 fully saturated rings. The lowest BCUT2D eigenvalue weighted by Gasteiger charge is -2.23. The summed E-state index contributed by atoms with van der Waals surface area (Å²) in [5.74, 6) is 1.31. The predicted octanol–water partition coefficient (Wildman–Crippen LogP) is 3.51. The molecule has 0 amide bonds. The number of rotatable bonds is 6. The molecule has 3 N–H and O–H groups in total. The van der Waals surface area contributed by atoms with Crippen LogP contribution in [0.2, 0.25) is 0 Å². The Morgan fingerprint density at radius 3 is 2.42 bits per heavy atom. The van der Waals surface area contributed by atoms with Crippen LogP contribution in [0.1, 0.15) is 31.9 Å². The molecule has 2 rings (SSSR count). The van der Waals surface area contributed by atoms with Gasteiger partial charge >= 0.3 is 0 Å². The summed E-state index contributed by atoms with van der Waals surface area (Å²) in [7, 11) is 0. The van der Waals surface area contributed by atoms with Gasteiger partial charge in [-0.2, -0.15) is 0 Å². The highest BCUT2D eigenvalue weighted by molar-refractivity contribution is 5.77. The van der Waals surface area contributed by atoms with Crippen LogP contribution in [0.15, 0.2) is 59.6 Å². The second-order valence-electron chi connectivity index (χ2n) is 6.69. The van der Waals surface area contributed by atoms with Crippen LogP contribution >= 0.6 is 0 Å². The second kappa shape index (κ2) is 8.39. The van der Waals surface area contributed by atoms with Crippen LogP contribution in [0.25, 0.3) is 0 Å². The molecule has 0 saturated carbocycles. The molecule has 2 aromatic rings. The molecule has 4 nitrogen and oxygen atoms in total. The number of hydrogen-bond donors (Lipinski definition) is 2. The monoisotopic (exact) mass is 325 g/mol. The Balaban J connectivity index is 1.88. The van der Waals surface area contributed by atoms with E-state index in [1.807, 2.05) is 63.2 Å². The highest BCUT2D eigenvalue weighted by Gasteiger charge is 2.14. The molecular weight excluding hydrogens is 298 g/mol. The summed E-state index contributed by atoms with van der Waals surface area (Å²) in [6, 6.07) is 18.2. The molecule has 0 aliphatic carbocycles. The summed E-state index contributed by atoms with van der Waals surface area (Å²) >= 11 is 0. The van der Waals surface area contributed by atoms with Crippen LogP contribution in [-0.2, 0) is 13.0 Å². The Kier molecular flexibility index (Phi) is 6.24. The van der Waals surface area contributed by atoms with Crippen LogP contribution in [0, 0.1) is 0 Å². The molecule has 2 aromatic carbocycles. The van der Waals surface area contributed by atoms with E-state index in [2.05, 4.69) is 22.4 Å². The van der Waals surface area contributed by atoms with Crippen LogP contribution in [-0.4, -0.2) is 18.1 Å². The van der Waals surface area contributed by atoms with Crippen molar-refractivity contribution >= 4 is 5.96 Å². The first-order chi connectivity index (χ1) is 11.4. The summed E-state index contributed by atoms with van der Waals surface area (Å²) in [5, 5.41) is 3.16. The zero-order valence-corrected chi connectivity index (χ0v) is 14.8. The lowest BCUT2D eigenvalue weighted by atomic mass is 10.1. The maximum absolute atomic E-state index is 5.97. The van der Waals surface area contributed by atoms with Gasteiger partial charge in [-0.25, -0.2) is 4.99 Å². The minimum atomic E-state index is -0.237. The van der Waals surface area contributed by atoms with Crippen LogP contribution in [0.4, 0.5) is 0 Å². The zero-order valence-electron chi connectivity index (χ0n) is 14.8. The molecule has 0 aromatic heterocycles. The standard InChI is InChI=1S/C20H27N3O/c1-20(2,3)24-18-12-8-7-11-17(18)15-23-19(21)22-14-13-16-9-5-4-6-10-16/h4-12H,13-15H2,1-3H3,(H3,21,22,23). The Bertz CT molecular complexity index is 660. The molecule has 24 heavy (non-hydrogen) atoms. The molecule has 0 radical (unpaired) electrons. The lowest BCUT2D eigenvalue weighted by molar-refractivity contribution is 0.129. The number of hydrogen-bond acceptors (Lipinski definition) is 2. The summed E-state index contributed by atoms with van der Waals surface area (Å²) < 4.78 is 5.97. The van der Waals surface area contributed by atoms with E-state index in [1.165, 1.54) is 5.56 Å². The van der Waals surface area contributed by atoms with Gasteiger partial charge in [-0.15, -0.1) is 0 Å². The predicted molar refractivity (Wildman–Crippen MR) is 100 cm³/mol. The fraction of sp³-hybridized carbons (Fsp3) is 0.350. The first kappa shape index (κ1) is 17.9. The number of nitrogens with two attached hydrogens (primary N) is 1. The SMILES string of the molecule is CC(C)(C)Oc1ccccc1CN=C(N)NCCc1ccccc1. The number of guanidine groups is 1. The molecule has 0 heterocycles. The molecule has 0 aliphatic rings. The van der Waals surface area contributed by atoms with Gasteiger partial charge in [0.05, 0.1) is 6.54 Å². The largest absolute Gasteiger partial charge is 0.488 e. The summed E-state index contributed by atoms with van der Waals surface area (Å²) in [5.41, 5.74) is 8.03. The minimum Gasteiger partial charge on any atom is -0.488 e. The van der Waals surface area contributed by atoms with Crippen LogP contribution < -0.4 is 15.8 Å². The molecule has 0 atom stereocenters. The van der Waals surface area contributed by atoms with Crippen molar-refractivity contribution in [3.8, 4) is 5.75 Å². The lowest BCUT2D eigenvalue weighted by Crippen LogP contribution is -2.33. The van der Waals surface area contributed by atoms with Gasteiger partial charge < -0.3 is 15.8 Å². The third-order valence-corrected chi connectivity index (χ3v) is 3.37. The quantitative estimate of drug-likeness (QED) is 0.631. The average molecular weight is 325 g/mol. The van der Waals surface area contributed by atoms with Gasteiger partial charge in [0, 0.05) is 12.1 Å². The molecule has 128 valence electrons. The topological polar surface area (TPSA) is 59.6 Å². The Labute approximate surface area is 144 Å². The number of nitrogens with zero attached hydrogens (tertiary/aromatic N) is 1. The third-order valence-electron chi connectivity index (χ3n) is 3.37. The van der Waals surface area contributed by atoms with E-state index in [0.29, 0.717) is 12.5 Å². The number of benzene rings is 2. The first-order valence-corrected chi connectivity index (χ1v) is 8.29. The molecule has 0 saturated heterocycles. The van der Waals surface area contributed by atoms with E-state index in [9.17, 15) is 0 Å². The van der Waals surface area contributed by atoms with Gasteiger partial charge in [-0.3, -0.25) is 0 Å². The number of ether oxygens (including phenoxy) is 1. The van der Waals surface area contributed by atoms with Crippen molar-refractivity contribution in [2.24, 2.45) is 10.7 Å².